The third-order valence-electron chi connectivity index (χ3n) is 4.59. The van der Waals surface area contributed by atoms with Crippen LogP contribution in [0.1, 0.15) is 45.1 Å². The average Bonchev–Trinajstić information content (AvgIpc) is 3.59. The molecule has 0 radical (unpaired) electrons. The van der Waals surface area contributed by atoms with Gasteiger partial charge in [0.25, 0.3) is 0 Å². The Hall–Kier alpha value is -2.65. The van der Waals surface area contributed by atoms with Gasteiger partial charge in [0, 0.05) is 0 Å². The molecular formula is C21H21F5NO5P. The van der Waals surface area contributed by atoms with E-state index >= 15 is 0 Å². The van der Waals surface area contributed by atoms with Crippen molar-refractivity contribution < 1.29 is 45.1 Å². The van der Waals surface area contributed by atoms with E-state index in [0.717, 1.165) is 18.4 Å². The van der Waals surface area contributed by atoms with Crippen LogP contribution in [0, 0.1) is 29.1 Å². The summed E-state index contributed by atoms with van der Waals surface area (Å²) in [6, 6.07) is 4.76. The number of benzene rings is 2. The van der Waals surface area contributed by atoms with Gasteiger partial charge in [0.2, 0.25) is 34.8 Å². The zero-order valence-electron chi connectivity index (χ0n) is 17.8. The van der Waals surface area contributed by atoms with Crippen LogP contribution in [0.4, 0.5) is 22.0 Å². The molecule has 180 valence electrons. The molecule has 0 bridgehead atoms. The fraction of sp³-hybridized carbons (Fsp3) is 0.381. The molecule has 0 spiro atoms. The number of nitrogens with one attached hydrogen (secondary N) is 1. The number of hydrogen-bond donors (Lipinski definition) is 1. The minimum absolute atomic E-state index is 0.0940. The van der Waals surface area contributed by atoms with Crippen molar-refractivity contribution in [3.63, 3.8) is 0 Å². The second-order valence-corrected chi connectivity index (χ2v) is 9.38. The zero-order chi connectivity index (χ0) is 24.5. The number of esters is 1. The fourth-order valence-electron chi connectivity index (χ4n) is 2.84. The molecule has 0 unspecified atom stereocenters. The van der Waals surface area contributed by atoms with Crippen LogP contribution in [-0.2, 0) is 14.1 Å². The molecule has 0 aliphatic heterocycles. The zero-order valence-corrected chi connectivity index (χ0v) is 18.7. The van der Waals surface area contributed by atoms with Gasteiger partial charge < -0.3 is 13.8 Å². The van der Waals surface area contributed by atoms with E-state index < -0.39 is 60.7 Å². The highest BCUT2D eigenvalue weighted by atomic mass is 31.2. The lowest BCUT2D eigenvalue weighted by Crippen LogP contribution is -2.37. The molecule has 3 rings (SSSR count). The van der Waals surface area contributed by atoms with Crippen LogP contribution in [0.15, 0.2) is 24.3 Å². The van der Waals surface area contributed by atoms with Crippen LogP contribution >= 0.6 is 7.75 Å². The van der Waals surface area contributed by atoms with E-state index in [2.05, 4.69) is 5.09 Å². The van der Waals surface area contributed by atoms with Gasteiger partial charge in [0.1, 0.15) is 11.8 Å². The molecule has 1 N–H and O–H groups in total. The van der Waals surface area contributed by atoms with Gasteiger partial charge in [-0.1, -0.05) is 12.1 Å². The van der Waals surface area contributed by atoms with Crippen molar-refractivity contribution in [1.82, 2.24) is 5.09 Å². The van der Waals surface area contributed by atoms with E-state index in [1.807, 2.05) is 0 Å². The lowest BCUT2D eigenvalue weighted by Gasteiger charge is -2.24. The minimum atomic E-state index is -4.94. The van der Waals surface area contributed by atoms with E-state index in [-0.39, 0.29) is 5.75 Å². The van der Waals surface area contributed by atoms with Gasteiger partial charge in [-0.2, -0.15) is 13.9 Å². The van der Waals surface area contributed by atoms with Crippen molar-refractivity contribution in [2.75, 3.05) is 0 Å². The van der Waals surface area contributed by atoms with Gasteiger partial charge in [-0.05, 0) is 57.2 Å². The molecule has 1 saturated carbocycles. The second-order valence-electron chi connectivity index (χ2n) is 7.76. The number of carbonyl (C=O) groups excluding carboxylic acids is 1. The van der Waals surface area contributed by atoms with E-state index in [1.54, 1.807) is 26.0 Å². The molecular weight excluding hydrogens is 472 g/mol. The van der Waals surface area contributed by atoms with Crippen LogP contribution in [-0.4, -0.2) is 18.1 Å². The molecule has 0 saturated heterocycles. The SMILES string of the molecule is CC(C)OC(=O)[C@@H](C)N[P@@](=O)(Oc1ccc(C2CC2)cc1)Oc1c(F)c(F)c(F)c(F)c1F. The normalized spacial score (nSPS) is 16.3. The molecule has 1 aliphatic carbocycles. The smallest absolute Gasteiger partial charge is 0.462 e. The Morgan fingerprint density at radius 3 is 1.91 bits per heavy atom. The highest BCUT2D eigenvalue weighted by Gasteiger charge is 2.38. The quantitative estimate of drug-likeness (QED) is 0.158. The third kappa shape index (κ3) is 5.83. The molecule has 0 heterocycles. The van der Waals surface area contributed by atoms with Crippen molar-refractivity contribution >= 4 is 13.7 Å². The summed E-state index contributed by atoms with van der Waals surface area (Å²) in [6.45, 7) is 4.29. The first-order valence-corrected chi connectivity index (χ1v) is 11.5. The van der Waals surface area contributed by atoms with Crippen molar-refractivity contribution in [3.8, 4) is 11.5 Å². The Morgan fingerprint density at radius 1 is 0.909 bits per heavy atom. The molecule has 2 atom stereocenters. The molecule has 2 aromatic carbocycles. The third-order valence-corrected chi connectivity index (χ3v) is 6.17. The van der Waals surface area contributed by atoms with Gasteiger partial charge in [-0.3, -0.25) is 4.79 Å². The predicted molar refractivity (Wildman–Crippen MR) is 107 cm³/mol. The lowest BCUT2D eigenvalue weighted by molar-refractivity contribution is -0.149. The maximum absolute atomic E-state index is 14.1. The Kier molecular flexibility index (Phi) is 7.33. The number of rotatable bonds is 9. The summed E-state index contributed by atoms with van der Waals surface area (Å²) >= 11 is 0. The maximum Gasteiger partial charge on any atom is 0.513 e. The summed E-state index contributed by atoms with van der Waals surface area (Å²) in [4.78, 5) is 12.1. The van der Waals surface area contributed by atoms with Crippen molar-refractivity contribution in [2.45, 2.75) is 51.7 Å². The molecule has 0 amide bonds. The van der Waals surface area contributed by atoms with Crippen molar-refractivity contribution in [2.24, 2.45) is 0 Å². The van der Waals surface area contributed by atoms with E-state index in [1.165, 1.54) is 19.1 Å². The van der Waals surface area contributed by atoms with Crippen LogP contribution in [0.3, 0.4) is 0 Å². The Labute approximate surface area is 186 Å². The van der Waals surface area contributed by atoms with Crippen LogP contribution < -0.4 is 14.1 Å². The highest BCUT2D eigenvalue weighted by molar-refractivity contribution is 7.52. The summed E-state index contributed by atoms with van der Waals surface area (Å²) in [6.07, 6.45) is 1.48. The van der Waals surface area contributed by atoms with Gasteiger partial charge in [0.15, 0.2) is 0 Å². The van der Waals surface area contributed by atoms with Crippen LogP contribution in [0.5, 0.6) is 11.5 Å². The Balaban J connectivity index is 1.94. The van der Waals surface area contributed by atoms with Crippen molar-refractivity contribution in [1.29, 1.82) is 0 Å². The number of hydrogen-bond acceptors (Lipinski definition) is 5. The molecule has 2 aromatic rings. The molecule has 1 fully saturated rings. The van der Waals surface area contributed by atoms with Crippen molar-refractivity contribution in [3.05, 3.63) is 58.9 Å². The van der Waals surface area contributed by atoms with Gasteiger partial charge in [0.05, 0.1) is 6.10 Å². The number of carbonyl (C=O) groups is 1. The monoisotopic (exact) mass is 493 g/mol. The van der Waals surface area contributed by atoms with Crippen LogP contribution in [0.25, 0.3) is 0 Å². The van der Waals surface area contributed by atoms with Crippen LogP contribution in [0.2, 0.25) is 0 Å². The summed E-state index contributed by atoms with van der Waals surface area (Å²) in [5.74, 6) is -14.1. The molecule has 12 heteroatoms. The largest absolute Gasteiger partial charge is 0.513 e. The molecule has 33 heavy (non-hydrogen) atoms. The maximum atomic E-state index is 14.1. The number of ether oxygens (including phenoxy) is 1. The lowest BCUT2D eigenvalue weighted by atomic mass is 10.1. The molecule has 0 aromatic heterocycles. The van der Waals surface area contributed by atoms with Gasteiger partial charge >= 0.3 is 13.7 Å². The topological polar surface area (TPSA) is 73.9 Å². The van der Waals surface area contributed by atoms with E-state index in [4.69, 9.17) is 13.8 Å². The Morgan fingerprint density at radius 2 is 1.42 bits per heavy atom. The van der Waals surface area contributed by atoms with E-state index in [9.17, 15) is 31.3 Å². The summed E-state index contributed by atoms with van der Waals surface area (Å²) in [5, 5.41) is 2.12. The summed E-state index contributed by atoms with van der Waals surface area (Å²) in [7, 11) is -4.94. The minimum Gasteiger partial charge on any atom is -0.462 e. The van der Waals surface area contributed by atoms with Gasteiger partial charge in [-0.15, -0.1) is 0 Å². The first-order valence-electron chi connectivity index (χ1n) is 10.0. The summed E-state index contributed by atoms with van der Waals surface area (Å²) < 4.78 is 97.1. The highest BCUT2D eigenvalue weighted by Crippen LogP contribution is 2.48. The second kappa shape index (κ2) is 9.69. The number of halogens is 5. The van der Waals surface area contributed by atoms with Gasteiger partial charge in [-0.25, -0.2) is 17.7 Å². The predicted octanol–water partition coefficient (Wildman–Crippen LogP) is 5.76. The molecule has 6 nitrogen and oxygen atoms in total. The fourth-order valence-corrected chi connectivity index (χ4v) is 4.36. The molecule has 1 aliphatic rings. The Bertz CT molecular complexity index is 1060. The first kappa shape index (κ1) is 25.0. The first-order chi connectivity index (χ1) is 15.4. The average molecular weight is 493 g/mol. The standard InChI is InChI=1S/C21H21F5NO5P/c1-10(2)30-21(28)11(3)27-33(29,31-14-8-6-13(7-9-14)12-4-5-12)32-20-18(25)16(23)15(22)17(24)19(20)26/h6-12H,4-5H2,1-3H3,(H,27,29)/t11-,33-/m1/s1. The summed E-state index contributed by atoms with van der Waals surface area (Å²) in [5.41, 5.74) is 0.986. The van der Waals surface area contributed by atoms with E-state index in [0.29, 0.717) is 5.92 Å².